The van der Waals surface area contributed by atoms with E-state index in [0.29, 0.717) is 12.8 Å². The van der Waals surface area contributed by atoms with Crippen LogP contribution in [0.15, 0.2) is 62.2 Å². The van der Waals surface area contributed by atoms with E-state index in [1.165, 1.54) is 29.5 Å². The second-order valence-corrected chi connectivity index (χ2v) is 8.83. The molecule has 6 heteroatoms. The van der Waals surface area contributed by atoms with Crippen LogP contribution in [0.1, 0.15) is 81.1 Å². The van der Waals surface area contributed by atoms with Crippen molar-refractivity contribution in [1.82, 2.24) is 9.13 Å². The zero-order valence-electron chi connectivity index (χ0n) is 22.5. The van der Waals surface area contributed by atoms with Gasteiger partial charge in [-0.1, -0.05) is 79.2 Å². The smallest absolute Gasteiger partial charge is 0.266 e. The Morgan fingerprint density at radius 3 is 1.49 bits per heavy atom. The molecule has 2 heterocycles. The lowest BCUT2D eigenvalue weighted by Crippen LogP contribution is -2.42. The third kappa shape index (κ3) is 5.87. The maximum absolute atomic E-state index is 13.0. The molecule has 190 valence electrons. The number of benzene rings is 1. The summed E-state index contributed by atoms with van der Waals surface area (Å²) in [4.78, 5) is 51.7. The minimum atomic E-state index is -0.621. The first-order chi connectivity index (χ1) is 16.5. The fourth-order valence-electron chi connectivity index (χ4n) is 3.64. The summed E-state index contributed by atoms with van der Waals surface area (Å²) >= 11 is 0. The van der Waals surface area contributed by atoms with Crippen LogP contribution in [0.25, 0.3) is 27.2 Å². The lowest BCUT2D eigenvalue weighted by atomic mass is 9.95. The van der Waals surface area contributed by atoms with E-state index in [9.17, 15) is 19.2 Å². The summed E-state index contributed by atoms with van der Waals surface area (Å²) in [5.74, 6) is 0. The van der Waals surface area contributed by atoms with Crippen molar-refractivity contribution in [1.29, 1.82) is 0 Å². The zero-order valence-corrected chi connectivity index (χ0v) is 22.5. The minimum Gasteiger partial charge on any atom is -0.269 e. The highest BCUT2D eigenvalue weighted by molar-refractivity contribution is 5.98. The molecular weight excluding hydrogens is 440 g/mol. The Hall–Kier alpha value is -3.28. The third-order valence-corrected chi connectivity index (χ3v) is 5.83. The van der Waals surface area contributed by atoms with Gasteiger partial charge < -0.3 is 0 Å². The van der Waals surface area contributed by atoms with E-state index < -0.39 is 27.8 Å². The van der Waals surface area contributed by atoms with Gasteiger partial charge in [-0.15, -0.1) is 0 Å². The SMILES string of the molecule is C=C(/C=C\C=C/C)n1c(=O)c2cc3c(=O)n(C(C)(CC)CC)c(=O)c3cc2c1=O.CCC.CCC. The standard InChI is InChI=1S/C23H24N2O4.2C3H8/c1-6-9-10-11-14(4)24-19(26)15-12-17-18(13-16(15)20(24)27)22(29)25(21(17)28)23(5,7-2)8-3;2*1-3-2/h6,9-13H,4,7-8H2,1-3,5H3;2*3H2,1-2H3/b9-6-,11-10-;;. The van der Waals surface area contributed by atoms with Gasteiger partial charge in [0, 0.05) is 11.2 Å². The lowest BCUT2D eigenvalue weighted by molar-refractivity contribution is 0.282. The van der Waals surface area contributed by atoms with E-state index in [0.717, 1.165) is 4.57 Å². The molecule has 0 saturated carbocycles. The highest BCUT2D eigenvalue weighted by Crippen LogP contribution is 2.24. The number of nitrogens with zero attached hydrogens (tertiary/aromatic N) is 2. The molecule has 1 aromatic carbocycles. The summed E-state index contributed by atoms with van der Waals surface area (Å²) in [7, 11) is 0. The van der Waals surface area contributed by atoms with Gasteiger partial charge in [0.05, 0.1) is 21.5 Å². The van der Waals surface area contributed by atoms with Crippen molar-refractivity contribution >= 4 is 27.2 Å². The highest BCUT2D eigenvalue weighted by Gasteiger charge is 2.29. The molecule has 0 amide bonds. The predicted molar refractivity (Wildman–Crippen MR) is 150 cm³/mol. The Labute approximate surface area is 207 Å². The summed E-state index contributed by atoms with van der Waals surface area (Å²) in [6, 6.07) is 2.75. The topological polar surface area (TPSA) is 78.1 Å². The minimum absolute atomic E-state index is 0.118. The molecule has 0 aliphatic rings. The van der Waals surface area contributed by atoms with E-state index in [-0.39, 0.29) is 27.2 Å². The van der Waals surface area contributed by atoms with Crippen LogP contribution >= 0.6 is 0 Å². The quantitative estimate of drug-likeness (QED) is 0.413. The molecule has 0 spiro atoms. The summed E-state index contributed by atoms with van der Waals surface area (Å²) < 4.78 is 2.23. The monoisotopic (exact) mass is 480 g/mol. The van der Waals surface area contributed by atoms with Crippen molar-refractivity contribution in [2.24, 2.45) is 0 Å². The molecule has 3 rings (SSSR count). The maximum atomic E-state index is 13.0. The van der Waals surface area contributed by atoms with Crippen LogP contribution in [-0.4, -0.2) is 9.13 Å². The van der Waals surface area contributed by atoms with Crippen LogP contribution in [0.3, 0.4) is 0 Å². The van der Waals surface area contributed by atoms with Crippen LogP contribution in [0.2, 0.25) is 0 Å². The van der Waals surface area contributed by atoms with Crippen molar-refractivity contribution in [3.05, 3.63) is 84.4 Å². The van der Waals surface area contributed by atoms with E-state index in [1.807, 2.05) is 27.7 Å². The largest absolute Gasteiger partial charge is 0.269 e. The Morgan fingerprint density at radius 1 is 0.771 bits per heavy atom. The first-order valence-electron chi connectivity index (χ1n) is 12.5. The number of hydrogen-bond acceptors (Lipinski definition) is 4. The van der Waals surface area contributed by atoms with E-state index >= 15 is 0 Å². The summed E-state index contributed by atoms with van der Waals surface area (Å²) in [6.45, 7) is 19.8. The normalized spacial score (nSPS) is 11.7. The van der Waals surface area contributed by atoms with Gasteiger partial charge in [-0.05, 0) is 44.9 Å². The van der Waals surface area contributed by atoms with Crippen LogP contribution in [0, 0.1) is 0 Å². The molecule has 35 heavy (non-hydrogen) atoms. The molecule has 0 aliphatic heterocycles. The van der Waals surface area contributed by atoms with Crippen molar-refractivity contribution in [2.45, 2.75) is 86.6 Å². The Kier molecular flexibility index (Phi) is 11.0. The van der Waals surface area contributed by atoms with E-state index in [2.05, 4.69) is 34.3 Å². The fourth-order valence-corrected chi connectivity index (χ4v) is 3.64. The number of aromatic nitrogens is 2. The van der Waals surface area contributed by atoms with Crippen molar-refractivity contribution in [3.8, 4) is 0 Å². The maximum Gasteiger partial charge on any atom is 0.266 e. The van der Waals surface area contributed by atoms with E-state index in [1.54, 1.807) is 24.3 Å². The molecule has 0 bridgehead atoms. The fraction of sp³-hybridized carbons (Fsp3) is 0.448. The summed E-state index contributed by atoms with van der Waals surface area (Å²) in [5.41, 5.74) is -2.35. The third-order valence-electron chi connectivity index (χ3n) is 5.83. The molecule has 0 unspecified atom stereocenters. The second-order valence-electron chi connectivity index (χ2n) is 8.83. The number of allylic oxidation sites excluding steroid dienone is 5. The summed E-state index contributed by atoms with van der Waals surface area (Å²) in [6.07, 6.45) is 10.5. The number of hydrogen-bond donors (Lipinski definition) is 0. The molecule has 2 aromatic heterocycles. The van der Waals surface area contributed by atoms with Crippen molar-refractivity contribution in [3.63, 3.8) is 0 Å². The van der Waals surface area contributed by atoms with Gasteiger partial charge in [0.25, 0.3) is 22.2 Å². The molecule has 0 atom stereocenters. The molecule has 6 nitrogen and oxygen atoms in total. The van der Waals surface area contributed by atoms with Crippen molar-refractivity contribution < 1.29 is 0 Å². The van der Waals surface area contributed by atoms with Crippen LogP contribution < -0.4 is 22.2 Å². The van der Waals surface area contributed by atoms with Gasteiger partial charge in [-0.3, -0.25) is 23.7 Å². The molecule has 0 radical (unpaired) electrons. The molecule has 3 aromatic rings. The van der Waals surface area contributed by atoms with Crippen LogP contribution in [-0.2, 0) is 5.54 Å². The molecule has 0 aliphatic carbocycles. The molecule has 0 saturated heterocycles. The highest BCUT2D eigenvalue weighted by atomic mass is 16.2. The first kappa shape index (κ1) is 29.8. The number of rotatable bonds is 6. The van der Waals surface area contributed by atoms with Gasteiger partial charge in [-0.2, -0.15) is 0 Å². The lowest BCUT2D eigenvalue weighted by Gasteiger charge is -2.27. The van der Waals surface area contributed by atoms with Crippen LogP contribution in [0.5, 0.6) is 0 Å². The average molecular weight is 481 g/mol. The van der Waals surface area contributed by atoms with Gasteiger partial charge in [0.1, 0.15) is 0 Å². The Balaban J connectivity index is 0.000000926. The zero-order chi connectivity index (χ0) is 26.9. The first-order valence-corrected chi connectivity index (χ1v) is 12.5. The summed E-state index contributed by atoms with van der Waals surface area (Å²) in [5, 5.41) is 0.568. The van der Waals surface area contributed by atoms with Crippen molar-refractivity contribution in [2.75, 3.05) is 0 Å². The van der Waals surface area contributed by atoms with Gasteiger partial charge in [0.2, 0.25) is 0 Å². The van der Waals surface area contributed by atoms with E-state index in [4.69, 9.17) is 0 Å². The molecule has 0 fully saturated rings. The second kappa shape index (κ2) is 13.0. The Bertz CT molecular complexity index is 1340. The molecule has 0 N–H and O–H groups in total. The number of fused-ring (bicyclic) bond motifs is 2. The average Bonchev–Trinajstić information content (AvgIpc) is 3.23. The molecular formula is C29H40N2O4. The van der Waals surface area contributed by atoms with Crippen LogP contribution in [0.4, 0.5) is 0 Å². The predicted octanol–water partition coefficient (Wildman–Crippen LogP) is 5.88. The van der Waals surface area contributed by atoms with Gasteiger partial charge in [-0.25, -0.2) is 4.57 Å². The van der Waals surface area contributed by atoms with Gasteiger partial charge in [0.15, 0.2) is 0 Å². The van der Waals surface area contributed by atoms with Gasteiger partial charge >= 0.3 is 0 Å². The Morgan fingerprint density at radius 2 is 1.14 bits per heavy atom.